The molecule has 2 aromatic rings. The number of allylic oxidation sites excluding steroid dienone is 2. The van der Waals surface area contributed by atoms with Gasteiger partial charge in [0.1, 0.15) is 0 Å². The number of benzene rings is 1. The van der Waals surface area contributed by atoms with Gasteiger partial charge in [0.2, 0.25) is 5.91 Å². The molecule has 0 radical (unpaired) electrons. The summed E-state index contributed by atoms with van der Waals surface area (Å²) in [6, 6.07) is 8.14. The Balaban J connectivity index is 1.73. The molecule has 0 spiro atoms. The van der Waals surface area contributed by atoms with E-state index >= 15 is 0 Å². The predicted molar refractivity (Wildman–Crippen MR) is 98.1 cm³/mol. The minimum absolute atomic E-state index is 0.0584. The molecular formula is C19H24N2O2S. The smallest absolute Gasteiger partial charge is 0.224 e. The van der Waals surface area contributed by atoms with E-state index in [0.717, 1.165) is 23.4 Å². The van der Waals surface area contributed by atoms with Gasteiger partial charge in [0.05, 0.1) is 21.1 Å². The highest BCUT2D eigenvalue weighted by molar-refractivity contribution is 7.18. The molecule has 0 saturated carbocycles. The number of hydrogen-bond donors (Lipinski definition) is 2. The van der Waals surface area contributed by atoms with E-state index in [9.17, 15) is 4.79 Å². The summed E-state index contributed by atoms with van der Waals surface area (Å²) in [7, 11) is 0. The fourth-order valence-electron chi connectivity index (χ4n) is 3.15. The molecule has 24 heavy (non-hydrogen) atoms. The van der Waals surface area contributed by atoms with E-state index in [-0.39, 0.29) is 24.3 Å². The van der Waals surface area contributed by atoms with Crippen molar-refractivity contribution in [2.24, 2.45) is 11.8 Å². The standard InChI is InChI=1S/C19H24N2O2S/c1-13(10-11-22)12-20-18(23)14-6-2-3-7-15(14)19-21-16-8-4-5-9-17(16)24-19/h2-5,8-9,13-15,22H,6-7,10-12H2,1H3,(H,20,23). The number of aliphatic hydroxyl groups excluding tert-OH is 1. The van der Waals surface area contributed by atoms with Gasteiger partial charge in [0.25, 0.3) is 0 Å². The number of aliphatic hydroxyl groups is 1. The number of rotatable bonds is 6. The van der Waals surface area contributed by atoms with Crippen molar-refractivity contribution in [3.8, 4) is 0 Å². The third-order valence-electron chi connectivity index (χ3n) is 4.64. The van der Waals surface area contributed by atoms with Crippen molar-refractivity contribution in [2.45, 2.75) is 32.1 Å². The Morgan fingerprint density at radius 2 is 2.17 bits per heavy atom. The number of para-hydroxylation sites is 1. The summed E-state index contributed by atoms with van der Waals surface area (Å²) in [6.07, 6.45) is 6.61. The fraction of sp³-hybridized carbons (Fsp3) is 0.474. The predicted octanol–water partition coefficient (Wildman–Crippen LogP) is 3.48. The molecule has 3 unspecified atom stereocenters. The Labute approximate surface area is 146 Å². The van der Waals surface area contributed by atoms with E-state index in [2.05, 4.69) is 23.5 Å². The largest absolute Gasteiger partial charge is 0.396 e. The minimum atomic E-state index is -0.0584. The van der Waals surface area contributed by atoms with Crippen molar-refractivity contribution >= 4 is 27.5 Å². The van der Waals surface area contributed by atoms with Crippen molar-refractivity contribution in [2.75, 3.05) is 13.2 Å². The molecule has 1 aliphatic carbocycles. The molecule has 0 bridgehead atoms. The van der Waals surface area contributed by atoms with Gasteiger partial charge < -0.3 is 10.4 Å². The van der Waals surface area contributed by atoms with Crippen LogP contribution in [-0.2, 0) is 4.79 Å². The topological polar surface area (TPSA) is 62.2 Å². The van der Waals surface area contributed by atoms with Crippen LogP contribution in [0.25, 0.3) is 10.2 Å². The molecule has 3 rings (SSSR count). The lowest BCUT2D eigenvalue weighted by Crippen LogP contribution is -2.37. The van der Waals surface area contributed by atoms with Crippen molar-refractivity contribution in [3.05, 3.63) is 41.4 Å². The third kappa shape index (κ3) is 3.84. The van der Waals surface area contributed by atoms with Crippen molar-refractivity contribution in [1.29, 1.82) is 0 Å². The van der Waals surface area contributed by atoms with Gasteiger partial charge >= 0.3 is 0 Å². The van der Waals surface area contributed by atoms with Crippen LogP contribution in [0, 0.1) is 11.8 Å². The summed E-state index contributed by atoms with van der Waals surface area (Å²) < 4.78 is 1.18. The van der Waals surface area contributed by atoms with Gasteiger partial charge in [0.15, 0.2) is 0 Å². The average Bonchev–Trinajstić information content (AvgIpc) is 3.04. The maximum atomic E-state index is 12.7. The van der Waals surface area contributed by atoms with Crippen LogP contribution in [0.15, 0.2) is 36.4 Å². The Kier molecular flexibility index (Phi) is 5.63. The van der Waals surface area contributed by atoms with Gasteiger partial charge in [-0.2, -0.15) is 0 Å². The first-order chi connectivity index (χ1) is 11.7. The second kappa shape index (κ2) is 7.90. The summed E-state index contributed by atoms with van der Waals surface area (Å²) in [4.78, 5) is 17.4. The van der Waals surface area contributed by atoms with E-state index in [4.69, 9.17) is 10.1 Å². The number of amides is 1. The molecule has 128 valence electrons. The number of hydrogen-bond acceptors (Lipinski definition) is 4. The molecule has 2 N–H and O–H groups in total. The lowest BCUT2D eigenvalue weighted by Gasteiger charge is -2.26. The molecule has 1 heterocycles. The highest BCUT2D eigenvalue weighted by Gasteiger charge is 2.32. The van der Waals surface area contributed by atoms with Gasteiger partial charge in [-0.3, -0.25) is 4.79 Å². The quantitative estimate of drug-likeness (QED) is 0.789. The molecular weight excluding hydrogens is 320 g/mol. The average molecular weight is 344 g/mol. The van der Waals surface area contributed by atoms with Crippen LogP contribution in [0.4, 0.5) is 0 Å². The van der Waals surface area contributed by atoms with Gasteiger partial charge in [-0.25, -0.2) is 4.98 Å². The molecule has 4 nitrogen and oxygen atoms in total. The Morgan fingerprint density at radius 3 is 2.96 bits per heavy atom. The van der Waals surface area contributed by atoms with E-state index in [1.165, 1.54) is 4.70 Å². The Hall–Kier alpha value is -1.72. The van der Waals surface area contributed by atoms with Crippen LogP contribution in [0.1, 0.15) is 37.1 Å². The molecule has 1 amide bonds. The van der Waals surface area contributed by atoms with Gasteiger partial charge in [0, 0.05) is 19.1 Å². The Bertz CT molecular complexity index is 692. The molecule has 1 aliphatic rings. The number of fused-ring (bicyclic) bond motifs is 1. The first kappa shape index (κ1) is 17.1. The van der Waals surface area contributed by atoms with Crippen LogP contribution in [0.5, 0.6) is 0 Å². The summed E-state index contributed by atoms with van der Waals surface area (Å²) in [5.74, 6) is 0.491. The van der Waals surface area contributed by atoms with Crippen LogP contribution < -0.4 is 5.32 Å². The molecule has 1 aromatic carbocycles. The first-order valence-corrected chi connectivity index (χ1v) is 9.39. The van der Waals surface area contributed by atoms with Gasteiger partial charge in [-0.1, -0.05) is 31.2 Å². The minimum Gasteiger partial charge on any atom is -0.396 e. The summed E-state index contributed by atoms with van der Waals surface area (Å²) in [6.45, 7) is 2.83. The summed E-state index contributed by atoms with van der Waals surface area (Å²) in [5, 5.41) is 13.1. The maximum Gasteiger partial charge on any atom is 0.224 e. The van der Waals surface area contributed by atoms with Crippen LogP contribution >= 0.6 is 11.3 Å². The zero-order valence-corrected chi connectivity index (χ0v) is 14.8. The van der Waals surface area contributed by atoms with E-state index < -0.39 is 0 Å². The van der Waals surface area contributed by atoms with E-state index in [1.807, 2.05) is 25.1 Å². The maximum absolute atomic E-state index is 12.7. The zero-order chi connectivity index (χ0) is 16.9. The van der Waals surface area contributed by atoms with Gasteiger partial charge in [-0.05, 0) is 37.3 Å². The second-order valence-electron chi connectivity index (χ2n) is 6.54. The molecule has 0 saturated heterocycles. The summed E-state index contributed by atoms with van der Waals surface area (Å²) in [5.41, 5.74) is 1.02. The highest BCUT2D eigenvalue weighted by Crippen LogP contribution is 2.38. The molecule has 5 heteroatoms. The number of carbonyl (C=O) groups excluding carboxylic acids is 1. The number of carbonyl (C=O) groups is 1. The van der Waals surface area contributed by atoms with E-state index in [0.29, 0.717) is 18.9 Å². The molecule has 0 aliphatic heterocycles. The first-order valence-electron chi connectivity index (χ1n) is 8.58. The van der Waals surface area contributed by atoms with E-state index in [1.54, 1.807) is 11.3 Å². The fourth-order valence-corrected chi connectivity index (χ4v) is 4.30. The number of nitrogens with zero attached hydrogens (tertiary/aromatic N) is 1. The van der Waals surface area contributed by atoms with Gasteiger partial charge in [-0.15, -0.1) is 11.3 Å². The summed E-state index contributed by atoms with van der Waals surface area (Å²) >= 11 is 1.70. The van der Waals surface area contributed by atoms with Crippen LogP contribution in [0.3, 0.4) is 0 Å². The third-order valence-corrected chi connectivity index (χ3v) is 5.81. The lowest BCUT2D eigenvalue weighted by molar-refractivity contribution is -0.126. The van der Waals surface area contributed by atoms with Crippen molar-refractivity contribution < 1.29 is 9.90 Å². The normalized spacial score (nSPS) is 21.8. The van der Waals surface area contributed by atoms with Crippen molar-refractivity contribution in [1.82, 2.24) is 10.3 Å². The second-order valence-corrected chi connectivity index (χ2v) is 7.60. The number of thiazole rings is 1. The highest BCUT2D eigenvalue weighted by atomic mass is 32.1. The lowest BCUT2D eigenvalue weighted by atomic mass is 9.82. The van der Waals surface area contributed by atoms with Crippen LogP contribution in [0.2, 0.25) is 0 Å². The molecule has 1 aromatic heterocycles. The zero-order valence-electron chi connectivity index (χ0n) is 13.9. The molecule has 3 atom stereocenters. The van der Waals surface area contributed by atoms with Crippen LogP contribution in [-0.4, -0.2) is 29.1 Å². The molecule has 0 fully saturated rings. The number of aromatic nitrogens is 1. The monoisotopic (exact) mass is 344 g/mol. The Morgan fingerprint density at radius 1 is 1.38 bits per heavy atom. The SMILES string of the molecule is CC(CCO)CNC(=O)C1CC=CCC1c1nc2ccccc2s1. The number of nitrogens with one attached hydrogen (secondary N) is 1. The van der Waals surface area contributed by atoms with Crippen molar-refractivity contribution in [3.63, 3.8) is 0 Å².